The molecule has 102 valence electrons. The summed E-state index contributed by atoms with van der Waals surface area (Å²) in [5.41, 5.74) is 9.73. The Morgan fingerprint density at radius 3 is 2.74 bits per heavy atom. The van der Waals surface area contributed by atoms with Crippen LogP contribution in [0.4, 0.5) is 5.69 Å². The molecule has 2 N–H and O–H groups in total. The zero-order valence-corrected chi connectivity index (χ0v) is 11.9. The van der Waals surface area contributed by atoms with E-state index in [0.717, 1.165) is 18.7 Å². The van der Waals surface area contributed by atoms with Crippen LogP contribution in [0.3, 0.4) is 0 Å². The van der Waals surface area contributed by atoms with E-state index >= 15 is 0 Å². The number of rotatable bonds is 5. The Balaban J connectivity index is 2.22. The molecular weight excluding hydrogens is 236 g/mol. The van der Waals surface area contributed by atoms with Crippen molar-refractivity contribution in [1.29, 1.82) is 0 Å². The third kappa shape index (κ3) is 3.61. The minimum atomic E-state index is 0.164. The molecule has 2 aromatic rings. The third-order valence-corrected chi connectivity index (χ3v) is 3.16. The van der Waals surface area contributed by atoms with Crippen molar-refractivity contribution in [1.82, 2.24) is 0 Å². The van der Waals surface area contributed by atoms with Crippen LogP contribution in [0.25, 0.3) is 0 Å². The minimum absolute atomic E-state index is 0.164. The van der Waals surface area contributed by atoms with Crippen molar-refractivity contribution in [3.8, 4) is 0 Å². The van der Waals surface area contributed by atoms with E-state index in [-0.39, 0.29) is 6.04 Å². The Morgan fingerprint density at radius 1 is 1.32 bits per heavy atom. The fourth-order valence-corrected chi connectivity index (χ4v) is 2.32. The average Bonchev–Trinajstić information content (AvgIpc) is 2.80. The lowest BCUT2D eigenvalue weighted by atomic mass is 10.0. The molecule has 0 fully saturated rings. The van der Waals surface area contributed by atoms with Crippen molar-refractivity contribution in [2.24, 2.45) is 5.73 Å². The van der Waals surface area contributed by atoms with Crippen LogP contribution in [-0.4, -0.2) is 13.1 Å². The zero-order valence-electron chi connectivity index (χ0n) is 11.9. The molecular formula is C16H22N2O. The molecule has 19 heavy (non-hydrogen) atoms. The lowest BCUT2D eigenvalue weighted by Gasteiger charge is -2.23. The summed E-state index contributed by atoms with van der Waals surface area (Å²) >= 11 is 0. The standard InChI is InChI=1S/C16H22N2O/c1-12-6-7-16(14(9-12)10-13(2)17)18(3)11-15-5-4-8-19-15/h4-9,13H,10-11,17H2,1-3H3. The number of nitrogens with zero attached hydrogens (tertiary/aromatic N) is 1. The lowest BCUT2D eigenvalue weighted by molar-refractivity contribution is 0.507. The predicted octanol–water partition coefficient (Wildman–Crippen LogP) is 3.11. The van der Waals surface area contributed by atoms with Crippen LogP contribution in [0.1, 0.15) is 23.8 Å². The molecule has 0 radical (unpaired) electrons. The van der Waals surface area contributed by atoms with Crippen molar-refractivity contribution >= 4 is 5.69 Å². The van der Waals surface area contributed by atoms with Crippen LogP contribution in [0.5, 0.6) is 0 Å². The van der Waals surface area contributed by atoms with Gasteiger partial charge in [-0.15, -0.1) is 0 Å². The van der Waals surface area contributed by atoms with Crippen LogP contribution < -0.4 is 10.6 Å². The van der Waals surface area contributed by atoms with Gasteiger partial charge in [-0.3, -0.25) is 0 Å². The van der Waals surface area contributed by atoms with Gasteiger partial charge < -0.3 is 15.1 Å². The van der Waals surface area contributed by atoms with Gasteiger partial charge in [-0.25, -0.2) is 0 Å². The largest absolute Gasteiger partial charge is 0.467 e. The van der Waals surface area contributed by atoms with Gasteiger partial charge in [0.2, 0.25) is 0 Å². The molecule has 0 saturated heterocycles. The van der Waals surface area contributed by atoms with Crippen LogP contribution >= 0.6 is 0 Å². The molecule has 0 aliphatic heterocycles. The van der Waals surface area contributed by atoms with Gasteiger partial charge in [0, 0.05) is 18.8 Å². The van der Waals surface area contributed by atoms with Gasteiger partial charge in [0.05, 0.1) is 12.8 Å². The first kappa shape index (κ1) is 13.7. The first-order valence-electron chi connectivity index (χ1n) is 6.65. The maximum absolute atomic E-state index is 5.94. The molecule has 3 nitrogen and oxygen atoms in total. The molecule has 0 bridgehead atoms. The predicted molar refractivity (Wildman–Crippen MR) is 79.3 cm³/mol. The Hall–Kier alpha value is -1.74. The molecule has 0 aliphatic rings. The first-order chi connectivity index (χ1) is 9.06. The second-order valence-corrected chi connectivity index (χ2v) is 5.25. The summed E-state index contributed by atoms with van der Waals surface area (Å²) < 4.78 is 5.40. The maximum Gasteiger partial charge on any atom is 0.123 e. The highest BCUT2D eigenvalue weighted by molar-refractivity contribution is 5.54. The highest BCUT2D eigenvalue weighted by Gasteiger charge is 2.11. The van der Waals surface area contributed by atoms with Crippen molar-refractivity contribution < 1.29 is 4.42 Å². The van der Waals surface area contributed by atoms with Crippen molar-refractivity contribution in [3.63, 3.8) is 0 Å². The number of nitrogens with two attached hydrogens (primary N) is 1. The number of anilines is 1. The topological polar surface area (TPSA) is 42.4 Å². The lowest BCUT2D eigenvalue weighted by Crippen LogP contribution is -2.22. The number of hydrogen-bond acceptors (Lipinski definition) is 3. The van der Waals surface area contributed by atoms with Crippen LogP contribution in [0, 0.1) is 6.92 Å². The smallest absolute Gasteiger partial charge is 0.123 e. The van der Waals surface area contributed by atoms with E-state index in [2.05, 4.69) is 37.1 Å². The molecule has 0 saturated carbocycles. The second kappa shape index (κ2) is 5.93. The summed E-state index contributed by atoms with van der Waals surface area (Å²) in [6, 6.07) is 10.6. The molecule has 3 heteroatoms. The van der Waals surface area contributed by atoms with E-state index in [1.807, 2.05) is 19.1 Å². The highest BCUT2D eigenvalue weighted by Crippen LogP contribution is 2.23. The SMILES string of the molecule is Cc1ccc(N(C)Cc2ccco2)c(CC(C)N)c1. The quantitative estimate of drug-likeness (QED) is 0.896. The van der Waals surface area contributed by atoms with Gasteiger partial charge in [-0.05, 0) is 44.0 Å². The summed E-state index contributed by atoms with van der Waals surface area (Å²) in [7, 11) is 2.08. The van der Waals surface area contributed by atoms with E-state index in [9.17, 15) is 0 Å². The normalized spacial score (nSPS) is 12.4. The summed E-state index contributed by atoms with van der Waals surface area (Å²) in [6.07, 6.45) is 2.60. The van der Waals surface area contributed by atoms with Gasteiger partial charge in [0.25, 0.3) is 0 Å². The molecule has 0 spiro atoms. The van der Waals surface area contributed by atoms with Crippen molar-refractivity contribution in [3.05, 3.63) is 53.5 Å². The molecule has 1 atom stereocenters. The number of hydrogen-bond donors (Lipinski definition) is 1. The Bertz CT molecular complexity index is 518. The fourth-order valence-electron chi connectivity index (χ4n) is 2.32. The molecule has 1 aromatic heterocycles. The van der Waals surface area contributed by atoms with Gasteiger partial charge >= 0.3 is 0 Å². The fraction of sp³-hybridized carbons (Fsp3) is 0.375. The molecule has 2 rings (SSSR count). The Labute approximate surface area is 115 Å². The Morgan fingerprint density at radius 2 is 2.11 bits per heavy atom. The average molecular weight is 258 g/mol. The summed E-state index contributed by atoms with van der Waals surface area (Å²) in [6.45, 7) is 4.92. The van der Waals surface area contributed by atoms with Gasteiger partial charge in [0.1, 0.15) is 5.76 Å². The first-order valence-corrected chi connectivity index (χ1v) is 6.65. The minimum Gasteiger partial charge on any atom is -0.467 e. The van der Waals surface area contributed by atoms with Crippen LogP contribution in [-0.2, 0) is 13.0 Å². The van der Waals surface area contributed by atoms with E-state index in [1.165, 1.54) is 16.8 Å². The summed E-state index contributed by atoms with van der Waals surface area (Å²) in [5, 5.41) is 0. The van der Waals surface area contributed by atoms with Gasteiger partial charge in [-0.2, -0.15) is 0 Å². The number of furan rings is 1. The summed E-state index contributed by atoms with van der Waals surface area (Å²) in [5.74, 6) is 0.967. The van der Waals surface area contributed by atoms with Crippen molar-refractivity contribution in [2.75, 3.05) is 11.9 Å². The maximum atomic E-state index is 5.94. The number of aryl methyl sites for hydroxylation is 1. The Kier molecular flexibility index (Phi) is 4.27. The second-order valence-electron chi connectivity index (χ2n) is 5.25. The molecule has 1 aromatic carbocycles. The van der Waals surface area contributed by atoms with Crippen molar-refractivity contribution in [2.45, 2.75) is 32.9 Å². The number of benzene rings is 1. The molecule has 1 heterocycles. The van der Waals surface area contributed by atoms with Crippen LogP contribution in [0.2, 0.25) is 0 Å². The molecule has 1 unspecified atom stereocenters. The monoisotopic (exact) mass is 258 g/mol. The summed E-state index contributed by atoms with van der Waals surface area (Å²) in [4.78, 5) is 2.20. The van der Waals surface area contributed by atoms with E-state index in [4.69, 9.17) is 10.2 Å². The van der Waals surface area contributed by atoms with Crippen LogP contribution in [0.15, 0.2) is 41.0 Å². The zero-order chi connectivity index (χ0) is 13.8. The van der Waals surface area contributed by atoms with Gasteiger partial charge in [-0.1, -0.05) is 17.7 Å². The van der Waals surface area contributed by atoms with Gasteiger partial charge in [0.15, 0.2) is 0 Å². The van der Waals surface area contributed by atoms with E-state index in [1.54, 1.807) is 6.26 Å². The van der Waals surface area contributed by atoms with E-state index < -0.39 is 0 Å². The van der Waals surface area contributed by atoms with E-state index in [0.29, 0.717) is 0 Å². The molecule has 0 aliphatic carbocycles. The molecule has 0 amide bonds. The highest BCUT2D eigenvalue weighted by atomic mass is 16.3. The third-order valence-electron chi connectivity index (χ3n) is 3.16.